The number of aliphatic hydroxyl groups excluding tert-OH is 1. The predicted molar refractivity (Wildman–Crippen MR) is 86.8 cm³/mol. The van der Waals surface area contributed by atoms with Gasteiger partial charge in [0.15, 0.2) is 5.82 Å². The zero-order valence-corrected chi connectivity index (χ0v) is 12.8. The van der Waals surface area contributed by atoms with Crippen LogP contribution in [0.4, 0.5) is 5.82 Å². The van der Waals surface area contributed by atoms with Crippen LogP contribution in [0.25, 0.3) is 11.5 Å². The van der Waals surface area contributed by atoms with Crippen LogP contribution in [0.5, 0.6) is 0 Å². The van der Waals surface area contributed by atoms with Gasteiger partial charge in [-0.05, 0) is 31.0 Å². The average molecular weight is 310 g/mol. The van der Waals surface area contributed by atoms with Crippen molar-refractivity contribution >= 4 is 5.82 Å². The summed E-state index contributed by atoms with van der Waals surface area (Å²) in [4.78, 5) is 8.56. The van der Waals surface area contributed by atoms with Gasteiger partial charge in [-0.15, -0.1) is 0 Å². The molecule has 118 valence electrons. The lowest BCUT2D eigenvalue weighted by Gasteiger charge is -2.19. The number of aliphatic hydroxyl groups is 1. The molecule has 0 aliphatic rings. The normalized spacial score (nSPS) is 12.1. The lowest BCUT2D eigenvalue weighted by Crippen LogP contribution is -2.13. The van der Waals surface area contributed by atoms with Gasteiger partial charge in [-0.25, -0.2) is 4.98 Å². The van der Waals surface area contributed by atoms with Crippen molar-refractivity contribution in [3.8, 4) is 11.5 Å². The molecule has 3 rings (SSSR count). The van der Waals surface area contributed by atoms with E-state index in [1.165, 1.54) is 0 Å². The van der Waals surface area contributed by atoms with E-state index < -0.39 is 0 Å². The van der Waals surface area contributed by atoms with Crippen molar-refractivity contribution < 1.29 is 9.63 Å². The molecule has 0 radical (unpaired) electrons. The molecule has 6 nitrogen and oxygen atoms in total. The van der Waals surface area contributed by atoms with Crippen molar-refractivity contribution in [3.63, 3.8) is 0 Å². The molecule has 0 bridgehead atoms. The van der Waals surface area contributed by atoms with Gasteiger partial charge >= 0.3 is 0 Å². The molecule has 0 saturated heterocycles. The van der Waals surface area contributed by atoms with Crippen LogP contribution in [0.3, 0.4) is 0 Å². The number of rotatable bonds is 6. The molecular formula is C17H18N4O2. The summed E-state index contributed by atoms with van der Waals surface area (Å²) in [5, 5.41) is 16.5. The van der Waals surface area contributed by atoms with Crippen molar-refractivity contribution in [2.24, 2.45) is 0 Å². The second-order valence-corrected chi connectivity index (χ2v) is 5.20. The highest BCUT2D eigenvalue weighted by Crippen LogP contribution is 2.24. The Morgan fingerprint density at radius 2 is 2.04 bits per heavy atom. The van der Waals surface area contributed by atoms with E-state index in [0.717, 1.165) is 11.1 Å². The quantitative estimate of drug-likeness (QED) is 0.728. The van der Waals surface area contributed by atoms with E-state index in [4.69, 9.17) is 4.52 Å². The fourth-order valence-corrected chi connectivity index (χ4v) is 2.37. The number of anilines is 1. The standard InChI is InChI=1S/C17H18N4O2/c1-12-19-17(23-21-12)14-7-9-18-16(11-14)20-15(8-10-22)13-5-3-2-4-6-13/h2-7,9,11,15,22H,8,10H2,1H3,(H,18,20)/t15-/m0/s1. The minimum atomic E-state index is -0.0200. The van der Waals surface area contributed by atoms with E-state index in [0.29, 0.717) is 24.0 Å². The molecule has 0 fully saturated rings. The van der Waals surface area contributed by atoms with Crippen molar-refractivity contribution in [2.45, 2.75) is 19.4 Å². The highest BCUT2D eigenvalue weighted by atomic mass is 16.5. The summed E-state index contributed by atoms with van der Waals surface area (Å²) in [6.07, 6.45) is 2.29. The van der Waals surface area contributed by atoms with Gasteiger partial charge in [-0.1, -0.05) is 35.5 Å². The highest BCUT2D eigenvalue weighted by Gasteiger charge is 2.13. The number of aryl methyl sites for hydroxylation is 1. The van der Waals surface area contributed by atoms with Gasteiger partial charge in [-0.3, -0.25) is 0 Å². The van der Waals surface area contributed by atoms with Crippen molar-refractivity contribution in [1.29, 1.82) is 0 Å². The molecule has 0 spiro atoms. The van der Waals surface area contributed by atoms with Gasteiger partial charge < -0.3 is 14.9 Å². The predicted octanol–water partition coefficient (Wildman–Crippen LogP) is 2.98. The zero-order chi connectivity index (χ0) is 16.1. The molecule has 0 saturated carbocycles. The largest absolute Gasteiger partial charge is 0.396 e. The van der Waals surface area contributed by atoms with Crippen molar-refractivity contribution in [2.75, 3.05) is 11.9 Å². The Morgan fingerprint density at radius 3 is 2.74 bits per heavy atom. The zero-order valence-electron chi connectivity index (χ0n) is 12.8. The number of nitrogens with one attached hydrogen (secondary N) is 1. The van der Waals surface area contributed by atoms with Crippen LogP contribution in [-0.4, -0.2) is 26.8 Å². The summed E-state index contributed by atoms with van der Waals surface area (Å²) in [5.41, 5.74) is 1.90. The number of hydrogen-bond acceptors (Lipinski definition) is 6. The van der Waals surface area contributed by atoms with Crippen LogP contribution < -0.4 is 5.32 Å². The number of benzene rings is 1. The summed E-state index contributed by atoms with van der Waals surface area (Å²) in [7, 11) is 0. The van der Waals surface area contributed by atoms with Crippen LogP contribution in [-0.2, 0) is 0 Å². The highest BCUT2D eigenvalue weighted by molar-refractivity contribution is 5.58. The van der Waals surface area contributed by atoms with Gasteiger partial charge in [0.05, 0.1) is 6.04 Å². The van der Waals surface area contributed by atoms with Gasteiger partial charge in [0, 0.05) is 18.4 Å². The Hall–Kier alpha value is -2.73. The number of pyridine rings is 1. The Morgan fingerprint density at radius 1 is 1.22 bits per heavy atom. The molecule has 2 aromatic heterocycles. The smallest absolute Gasteiger partial charge is 0.258 e. The first-order valence-electron chi connectivity index (χ1n) is 7.45. The Bertz CT molecular complexity index is 758. The monoisotopic (exact) mass is 310 g/mol. The van der Waals surface area contributed by atoms with E-state index in [9.17, 15) is 5.11 Å². The van der Waals surface area contributed by atoms with E-state index in [1.807, 2.05) is 42.5 Å². The first-order chi connectivity index (χ1) is 11.3. The minimum absolute atomic E-state index is 0.0200. The molecule has 0 aliphatic heterocycles. The van der Waals surface area contributed by atoms with Crippen LogP contribution in [0.15, 0.2) is 53.2 Å². The number of nitrogens with zero attached hydrogens (tertiary/aromatic N) is 3. The molecule has 0 aliphatic carbocycles. The van der Waals surface area contributed by atoms with E-state index in [-0.39, 0.29) is 12.6 Å². The molecule has 0 unspecified atom stereocenters. The molecular weight excluding hydrogens is 292 g/mol. The molecule has 2 N–H and O–H groups in total. The van der Waals surface area contributed by atoms with E-state index in [2.05, 4.69) is 20.4 Å². The average Bonchev–Trinajstić information content (AvgIpc) is 3.02. The lowest BCUT2D eigenvalue weighted by atomic mass is 10.0. The first kappa shape index (κ1) is 15.2. The van der Waals surface area contributed by atoms with Gasteiger partial charge in [0.25, 0.3) is 5.89 Å². The topological polar surface area (TPSA) is 84.1 Å². The van der Waals surface area contributed by atoms with Crippen LogP contribution in [0, 0.1) is 6.92 Å². The van der Waals surface area contributed by atoms with Crippen molar-refractivity contribution in [1.82, 2.24) is 15.1 Å². The Balaban J connectivity index is 1.83. The maximum atomic E-state index is 9.32. The van der Waals surface area contributed by atoms with Crippen LogP contribution >= 0.6 is 0 Å². The molecule has 3 aromatic rings. The van der Waals surface area contributed by atoms with Gasteiger partial charge in [-0.2, -0.15) is 4.98 Å². The molecule has 1 aromatic carbocycles. The Kier molecular flexibility index (Phi) is 4.63. The third-order valence-electron chi connectivity index (χ3n) is 3.48. The third kappa shape index (κ3) is 3.73. The summed E-state index contributed by atoms with van der Waals surface area (Å²) in [6, 6.07) is 13.6. The van der Waals surface area contributed by atoms with E-state index in [1.54, 1.807) is 13.1 Å². The number of aromatic nitrogens is 3. The minimum Gasteiger partial charge on any atom is -0.396 e. The van der Waals surface area contributed by atoms with Crippen LogP contribution in [0.1, 0.15) is 23.9 Å². The molecule has 2 heterocycles. The fourth-order valence-electron chi connectivity index (χ4n) is 2.37. The van der Waals surface area contributed by atoms with Gasteiger partial charge in [0.1, 0.15) is 5.82 Å². The number of hydrogen-bond donors (Lipinski definition) is 2. The third-order valence-corrected chi connectivity index (χ3v) is 3.48. The maximum absolute atomic E-state index is 9.32. The van der Waals surface area contributed by atoms with E-state index >= 15 is 0 Å². The van der Waals surface area contributed by atoms with Crippen LogP contribution in [0.2, 0.25) is 0 Å². The summed E-state index contributed by atoms with van der Waals surface area (Å²) in [6.45, 7) is 1.87. The SMILES string of the molecule is Cc1noc(-c2ccnc(N[C@@H](CCO)c3ccccc3)c2)n1. The van der Waals surface area contributed by atoms with Gasteiger partial charge in [0.2, 0.25) is 0 Å². The second kappa shape index (κ2) is 7.02. The summed E-state index contributed by atoms with van der Waals surface area (Å²) >= 11 is 0. The second-order valence-electron chi connectivity index (χ2n) is 5.20. The lowest BCUT2D eigenvalue weighted by molar-refractivity contribution is 0.280. The van der Waals surface area contributed by atoms with Crippen molar-refractivity contribution in [3.05, 3.63) is 60.0 Å². The molecule has 0 amide bonds. The molecule has 23 heavy (non-hydrogen) atoms. The Labute approximate surface area is 134 Å². The summed E-state index contributed by atoms with van der Waals surface area (Å²) in [5.74, 6) is 1.75. The summed E-state index contributed by atoms with van der Waals surface area (Å²) < 4.78 is 5.19. The molecule has 1 atom stereocenters. The maximum Gasteiger partial charge on any atom is 0.258 e. The molecule has 6 heteroatoms. The first-order valence-corrected chi connectivity index (χ1v) is 7.45. The fraction of sp³-hybridized carbons (Fsp3) is 0.235.